The molecule has 0 radical (unpaired) electrons. The Morgan fingerprint density at radius 2 is 2.06 bits per heavy atom. The largest absolute Gasteiger partial charge is 0.493 e. The van der Waals surface area contributed by atoms with Gasteiger partial charge in [0.2, 0.25) is 0 Å². The van der Waals surface area contributed by atoms with Crippen LogP contribution in [0.1, 0.15) is 17.5 Å². The molecular formula is C11H10O6S. The minimum Gasteiger partial charge on any atom is -0.493 e. The number of ether oxygens (including phenoxy) is 1. The summed E-state index contributed by atoms with van der Waals surface area (Å²) in [4.78, 5) is 10.9. The Morgan fingerprint density at radius 3 is 2.56 bits per heavy atom. The van der Waals surface area contributed by atoms with Crippen LogP contribution in [0.2, 0.25) is 0 Å². The molecule has 0 bridgehead atoms. The molecule has 0 aliphatic carbocycles. The van der Waals surface area contributed by atoms with Crippen LogP contribution >= 0.6 is 0 Å². The van der Waals surface area contributed by atoms with E-state index in [-0.39, 0.29) is 33.2 Å². The van der Waals surface area contributed by atoms with Crippen LogP contribution in [0.5, 0.6) is 5.75 Å². The SMILES string of the molecule is COc1ccc(S(=O)(=O)O)c2cc(C(C)=O)oc12. The summed E-state index contributed by atoms with van der Waals surface area (Å²) in [6, 6.07) is 3.80. The number of hydrogen-bond acceptors (Lipinski definition) is 5. The Morgan fingerprint density at radius 1 is 1.39 bits per heavy atom. The van der Waals surface area contributed by atoms with E-state index in [1.165, 1.54) is 32.2 Å². The highest BCUT2D eigenvalue weighted by Crippen LogP contribution is 2.33. The maximum absolute atomic E-state index is 11.2. The molecule has 0 aliphatic rings. The fourth-order valence-corrected chi connectivity index (χ4v) is 2.30. The van der Waals surface area contributed by atoms with Gasteiger partial charge in [-0.1, -0.05) is 0 Å². The zero-order valence-corrected chi connectivity index (χ0v) is 10.4. The van der Waals surface area contributed by atoms with E-state index in [1.54, 1.807) is 0 Å². The summed E-state index contributed by atoms with van der Waals surface area (Å²) >= 11 is 0. The Labute approximate surface area is 103 Å². The number of benzene rings is 1. The van der Waals surface area contributed by atoms with Gasteiger partial charge in [-0.15, -0.1) is 0 Å². The molecule has 6 nitrogen and oxygen atoms in total. The lowest BCUT2D eigenvalue weighted by Crippen LogP contribution is -1.98. The van der Waals surface area contributed by atoms with E-state index in [9.17, 15) is 13.2 Å². The molecule has 0 saturated carbocycles. The highest BCUT2D eigenvalue weighted by Gasteiger charge is 2.21. The van der Waals surface area contributed by atoms with Gasteiger partial charge in [0.25, 0.3) is 10.1 Å². The van der Waals surface area contributed by atoms with Crippen molar-refractivity contribution in [1.29, 1.82) is 0 Å². The first-order valence-electron chi connectivity index (χ1n) is 4.93. The number of furan rings is 1. The molecule has 1 aromatic carbocycles. The molecule has 0 unspecified atom stereocenters. The second kappa shape index (κ2) is 4.11. The third-order valence-electron chi connectivity index (χ3n) is 2.45. The van der Waals surface area contributed by atoms with E-state index in [4.69, 9.17) is 13.7 Å². The summed E-state index contributed by atoms with van der Waals surface area (Å²) in [5.74, 6) is -0.0705. The fourth-order valence-electron chi connectivity index (χ4n) is 1.63. The van der Waals surface area contributed by atoms with Gasteiger partial charge in [0.1, 0.15) is 4.90 Å². The molecule has 0 spiro atoms. The lowest BCUT2D eigenvalue weighted by molar-refractivity contribution is 0.0989. The number of hydrogen-bond donors (Lipinski definition) is 1. The van der Waals surface area contributed by atoms with Gasteiger partial charge in [0, 0.05) is 12.3 Å². The smallest absolute Gasteiger partial charge is 0.295 e. The molecule has 96 valence electrons. The molecule has 0 atom stereocenters. The minimum atomic E-state index is -4.39. The van der Waals surface area contributed by atoms with Crippen molar-refractivity contribution in [3.8, 4) is 5.75 Å². The molecule has 0 fully saturated rings. The number of carbonyl (C=O) groups is 1. The molecular weight excluding hydrogens is 260 g/mol. The fraction of sp³-hybridized carbons (Fsp3) is 0.182. The van der Waals surface area contributed by atoms with E-state index in [0.717, 1.165) is 0 Å². The van der Waals surface area contributed by atoms with Gasteiger partial charge in [0.15, 0.2) is 22.9 Å². The van der Waals surface area contributed by atoms with Crippen LogP contribution in [0.4, 0.5) is 0 Å². The third kappa shape index (κ3) is 1.98. The molecule has 1 heterocycles. The molecule has 0 amide bonds. The highest BCUT2D eigenvalue weighted by atomic mass is 32.2. The van der Waals surface area contributed by atoms with Gasteiger partial charge in [-0.05, 0) is 18.2 Å². The number of methoxy groups -OCH3 is 1. The maximum Gasteiger partial charge on any atom is 0.295 e. The maximum atomic E-state index is 11.2. The number of Topliss-reactive ketones (excluding diaryl/α,β-unsaturated/α-hetero) is 1. The van der Waals surface area contributed by atoms with Gasteiger partial charge >= 0.3 is 0 Å². The van der Waals surface area contributed by atoms with Crippen molar-refractivity contribution in [3.05, 3.63) is 24.0 Å². The average molecular weight is 270 g/mol. The zero-order chi connectivity index (χ0) is 13.5. The topological polar surface area (TPSA) is 93.8 Å². The lowest BCUT2D eigenvalue weighted by atomic mass is 10.2. The predicted molar refractivity (Wildman–Crippen MR) is 62.6 cm³/mol. The molecule has 18 heavy (non-hydrogen) atoms. The summed E-state index contributed by atoms with van der Waals surface area (Å²) < 4.78 is 41.8. The van der Waals surface area contributed by atoms with Gasteiger partial charge in [-0.25, -0.2) is 0 Å². The predicted octanol–water partition coefficient (Wildman–Crippen LogP) is 1.89. The number of ketones is 1. The van der Waals surface area contributed by atoms with Gasteiger partial charge in [-0.2, -0.15) is 8.42 Å². The van der Waals surface area contributed by atoms with Crippen molar-refractivity contribution in [2.75, 3.05) is 7.11 Å². The monoisotopic (exact) mass is 270 g/mol. The van der Waals surface area contributed by atoms with E-state index in [0.29, 0.717) is 0 Å². The first-order chi connectivity index (χ1) is 8.34. The molecule has 2 aromatic rings. The zero-order valence-electron chi connectivity index (χ0n) is 9.63. The molecule has 7 heteroatoms. The summed E-state index contributed by atoms with van der Waals surface area (Å²) in [6.45, 7) is 1.29. The van der Waals surface area contributed by atoms with Crippen molar-refractivity contribution >= 4 is 26.9 Å². The van der Waals surface area contributed by atoms with Crippen molar-refractivity contribution in [1.82, 2.24) is 0 Å². The van der Waals surface area contributed by atoms with E-state index >= 15 is 0 Å². The normalized spacial score (nSPS) is 11.7. The quantitative estimate of drug-likeness (QED) is 0.676. The second-order valence-electron chi connectivity index (χ2n) is 3.65. The van der Waals surface area contributed by atoms with Crippen LogP contribution < -0.4 is 4.74 Å². The third-order valence-corrected chi connectivity index (χ3v) is 3.36. The van der Waals surface area contributed by atoms with Crippen LogP contribution in [-0.2, 0) is 10.1 Å². The second-order valence-corrected chi connectivity index (χ2v) is 5.04. The van der Waals surface area contributed by atoms with Gasteiger partial charge < -0.3 is 9.15 Å². The number of rotatable bonds is 3. The molecule has 2 rings (SSSR count). The molecule has 0 saturated heterocycles. The van der Waals surface area contributed by atoms with Crippen molar-refractivity contribution in [2.45, 2.75) is 11.8 Å². The number of fused-ring (bicyclic) bond motifs is 1. The Kier molecular flexibility index (Phi) is 2.88. The van der Waals surface area contributed by atoms with Crippen molar-refractivity contribution < 1.29 is 26.9 Å². The highest BCUT2D eigenvalue weighted by molar-refractivity contribution is 7.86. The van der Waals surface area contributed by atoms with E-state index < -0.39 is 10.1 Å². The number of carbonyl (C=O) groups excluding carboxylic acids is 1. The molecule has 1 aromatic heterocycles. The standard InChI is InChI=1S/C11H10O6S/c1-6(12)9-5-7-10(18(13,14)15)4-3-8(16-2)11(7)17-9/h3-5H,1-2H3,(H,13,14,15). The molecule has 0 aliphatic heterocycles. The average Bonchev–Trinajstić information content (AvgIpc) is 2.70. The molecule has 1 N–H and O–H groups in total. The van der Waals surface area contributed by atoms with Crippen LogP contribution in [0.25, 0.3) is 11.0 Å². The summed E-state index contributed by atoms with van der Waals surface area (Å²) in [5, 5.41) is 0.113. The summed E-state index contributed by atoms with van der Waals surface area (Å²) in [6.07, 6.45) is 0. The minimum absolute atomic E-state index is 0.000556. The summed E-state index contributed by atoms with van der Waals surface area (Å²) in [7, 11) is -3.01. The van der Waals surface area contributed by atoms with Crippen molar-refractivity contribution in [3.63, 3.8) is 0 Å². The summed E-state index contributed by atoms with van der Waals surface area (Å²) in [5.41, 5.74) is 0.109. The van der Waals surface area contributed by atoms with E-state index in [1.807, 2.05) is 0 Å². The Hall–Kier alpha value is -1.86. The van der Waals surface area contributed by atoms with Crippen molar-refractivity contribution in [2.24, 2.45) is 0 Å². The van der Waals surface area contributed by atoms with Gasteiger partial charge in [-0.3, -0.25) is 9.35 Å². The first kappa shape index (κ1) is 12.6. The van der Waals surface area contributed by atoms with Gasteiger partial charge in [0.05, 0.1) is 7.11 Å². The lowest BCUT2D eigenvalue weighted by Gasteiger charge is -2.03. The van der Waals surface area contributed by atoms with Crippen LogP contribution in [0.3, 0.4) is 0 Å². The van der Waals surface area contributed by atoms with Crippen LogP contribution in [0.15, 0.2) is 27.5 Å². The van der Waals surface area contributed by atoms with E-state index in [2.05, 4.69) is 0 Å². The Bertz CT molecular complexity index is 725. The Balaban J connectivity index is 2.89. The van der Waals surface area contributed by atoms with Crippen LogP contribution in [-0.4, -0.2) is 25.9 Å². The first-order valence-corrected chi connectivity index (χ1v) is 6.37. The van der Waals surface area contributed by atoms with Crippen LogP contribution in [0, 0.1) is 0 Å².